The van der Waals surface area contributed by atoms with Gasteiger partial charge in [-0.05, 0) is 76.0 Å². The predicted molar refractivity (Wildman–Crippen MR) is 163 cm³/mol. The summed E-state index contributed by atoms with van der Waals surface area (Å²) in [4.78, 5) is 50.3. The van der Waals surface area contributed by atoms with Crippen molar-refractivity contribution in [2.24, 2.45) is 17.1 Å². The van der Waals surface area contributed by atoms with E-state index in [1.165, 1.54) is 0 Å². The highest BCUT2D eigenvalue weighted by molar-refractivity contribution is 5.98. The molecular weight excluding hydrogens is 522 g/mol. The van der Waals surface area contributed by atoms with Crippen LogP contribution in [0.5, 0.6) is 0 Å². The first kappa shape index (κ1) is 35.9. The molecule has 41 heavy (non-hydrogen) atoms. The second-order valence-electron chi connectivity index (χ2n) is 11.7. The van der Waals surface area contributed by atoms with E-state index < -0.39 is 23.5 Å². The van der Waals surface area contributed by atoms with Crippen molar-refractivity contribution >= 4 is 29.5 Å². The van der Waals surface area contributed by atoms with Gasteiger partial charge in [0.1, 0.15) is 12.6 Å². The maximum Gasteiger partial charge on any atom is 0.312 e. The maximum atomic E-state index is 13.4. The van der Waals surface area contributed by atoms with Gasteiger partial charge < -0.3 is 31.7 Å². The zero-order valence-corrected chi connectivity index (χ0v) is 26.3. The van der Waals surface area contributed by atoms with Gasteiger partial charge in [0.2, 0.25) is 11.8 Å². The Labute approximate surface area is 246 Å². The second-order valence-corrected chi connectivity index (χ2v) is 11.7. The molecule has 1 aromatic carbocycles. The third kappa shape index (κ3) is 11.7. The Kier molecular flexibility index (Phi) is 14.8. The van der Waals surface area contributed by atoms with Gasteiger partial charge in [-0.25, -0.2) is 4.79 Å². The Morgan fingerprint density at radius 2 is 1.49 bits per heavy atom. The number of hydrogen-bond donors (Lipinski definition) is 5. The fourth-order valence-corrected chi connectivity index (χ4v) is 4.19. The first-order valence-corrected chi connectivity index (χ1v) is 14.9. The monoisotopic (exact) mass is 575 g/mol. The van der Waals surface area contributed by atoms with Gasteiger partial charge in [0.05, 0.1) is 11.5 Å². The molecule has 4 amide bonds. The van der Waals surface area contributed by atoms with Crippen LogP contribution in [0.1, 0.15) is 99.5 Å². The van der Waals surface area contributed by atoms with Gasteiger partial charge in [-0.15, -0.1) is 0 Å². The minimum atomic E-state index is -0.823. The van der Waals surface area contributed by atoms with Crippen molar-refractivity contribution in [3.05, 3.63) is 29.8 Å². The average Bonchev–Trinajstić information content (AvgIpc) is 2.95. The lowest BCUT2D eigenvalue weighted by molar-refractivity contribution is -0.156. The van der Waals surface area contributed by atoms with Crippen LogP contribution in [0.15, 0.2) is 24.3 Å². The topological polar surface area (TPSA) is 152 Å². The molecule has 0 saturated carbocycles. The number of carbonyl (C=O) groups excluding carboxylic acids is 4. The number of anilines is 1. The van der Waals surface area contributed by atoms with E-state index in [1.807, 2.05) is 34.6 Å². The Bertz CT molecular complexity index is 987. The number of urea groups is 1. The highest BCUT2D eigenvalue weighted by Crippen LogP contribution is 2.27. The summed E-state index contributed by atoms with van der Waals surface area (Å²) in [5, 5.41) is 11.8. The molecule has 6 N–H and O–H groups in total. The van der Waals surface area contributed by atoms with Crippen LogP contribution in [-0.2, 0) is 25.7 Å². The lowest BCUT2D eigenvalue weighted by Crippen LogP contribution is -2.58. The highest BCUT2D eigenvalue weighted by atomic mass is 16.5. The molecule has 1 rings (SSSR count). The standard InChI is InChI=1S/C31H53N5O5/c1-9-30(7,10-2)28(39)41-20-22-15-17-23(18-16-22)34-26(37)24(14-13-19-33-29(32)40)35-27(38)25(21(5)6)36-31(8,11-3)12-4/h15-18,21,24-25,36H,9-14,19-20H2,1-8H3,(H,34,37)(H,35,38)(H3,32,33,40)/t24-,25?/m0/s1. The largest absolute Gasteiger partial charge is 0.460 e. The van der Waals surface area contributed by atoms with Crippen LogP contribution in [0, 0.1) is 11.3 Å². The SMILES string of the molecule is CCC(C)(CC)NC(C(=O)N[C@@H](CCCNC(N)=O)C(=O)Nc1ccc(COC(=O)C(C)(CC)CC)cc1)C(C)C. The average molecular weight is 576 g/mol. The summed E-state index contributed by atoms with van der Waals surface area (Å²) < 4.78 is 5.52. The number of ether oxygens (including phenoxy) is 1. The fraction of sp³-hybridized carbons (Fsp3) is 0.677. The molecule has 0 bridgehead atoms. The van der Waals surface area contributed by atoms with Crippen LogP contribution in [0.25, 0.3) is 0 Å². The first-order chi connectivity index (χ1) is 19.2. The maximum absolute atomic E-state index is 13.4. The number of carbonyl (C=O) groups is 4. The summed E-state index contributed by atoms with van der Waals surface area (Å²) >= 11 is 0. The van der Waals surface area contributed by atoms with Gasteiger partial charge >= 0.3 is 12.0 Å². The zero-order chi connectivity index (χ0) is 31.2. The fourth-order valence-electron chi connectivity index (χ4n) is 4.19. The summed E-state index contributed by atoms with van der Waals surface area (Å²) in [7, 11) is 0. The summed E-state index contributed by atoms with van der Waals surface area (Å²) in [6, 6.07) is 5.10. The molecule has 0 fully saturated rings. The quantitative estimate of drug-likeness (QED) is 0.127. The van der Waals surface area contributed by atoms with Gasteiger partial charge in [0.25, 0.3) is 0 Å². The molecule has 0 aliphatic heterocycles. The summed E-state index contributed by atoms with van der Waals surface area (Å²) in [5.41, 5.74) is 5.80. The smallest absolute Gasteiger partial charge is 0.312 e. The summed E-state index contributed by atoms with van der Waals surface area (Å²) in [5.74, 6) is -0.840. The molecule has 0 radical (unpaired) electrons. The molecule has 0 aromatic heterocycles. The Balaban J connectivity index is 2.96. The van der Waals surface area contributed by atoms with Gasteiger partial charge in [-0.1, -0.05) is 53.7 Å². The number of primary amides is 1. The Morgan fingerprint density at radius 3 is 1.98 bits per heavy atom. The number of benzene rings is 1. The van der Waals surface area contributed by atoms with E-state index in [0.717, 1.165) is 18.4 Å². The van der Waals surface area contributed by atoms with E-state index >= 15 is 0 Å². The number of amides is 4. The van der Waals surface area contributed by atoms with Gasteiger partial charge in [-0.3, -0.25) is 14.4 Å². The van der Waals surface area contributed by atoms with E-state index in [4.69, 9.17) is 10.5 Å². The second kappa shape index (κ2) is 17.0. The Hall–Kier alpha value is -3.14. The predicted octanol–water partition coefficient (Wildman–Crippen LogP) is 4.62. The van der Waals surface area contributed by atoms with Crippen molar-refractivity contribution in [1.29, 1.82) is 0 Å². The zero-order valence-electron chi connectivity index (χ0n) is 26.3. The van der Waals surface area contributed by atoms with E-state index in [-0.39, 0.29) is 42.4 Å². The molecule has 0 saturated heterocycles. The molecule has 0 aliphatic carbocycles. The summed E-state index contributed by atoms with van der Waals surface area (Å²) in [6.07, 6.45) is 3.87. The molecule has 0 aliphatic rings. The Morgan fingerprint density at radius 1 is 0.902 bits per heavy atom. The number of hydrogen-bond acceptors (Lipinski definition) is 6. The van der Waals surface area contributed by atoms with E-state index in [1.54, 1.807) is 24.3 Å². The molecule has 1 aromatic rings. The lowest BCUT2D eigenvalue weighted by atomic mass is 9.85. The van der Waals surface area contributed by atoms with Crippen molar-refractivity contribution in [1.82, 2.24) is 16.0 Å². The number of nitrogens with two attached hydrogens (primary N) is 1. The number of nitrogens with one attached hydrogen (secondary N) is 4. The minimum absolute atomic E-state index is 0.00169. The van der Waals surface area contributed by atoms with E-state index in [0.29, 0.717) is 31.4 Å². The molecule has 2 atom stereocenters. The normalized spacial score (nSPS) is 13.3. The van der Waals surface area contributed by atoms with Crippen molar-refractivity contribution in [2.45, 2.75) is 118 Å². The molecule has 10 nitrogen and oxygen atoms in total. The van der Waals surface area contributed by atoms with Gasteiger partial charge in [-0.2, -0.15) is 0 Å². The van der Waals surface area contributed by atoms with Crippen LogP contribution in [0.2, 0.25) is 0 Å². The lowest BCUT2D eigenvalue weighted by Gasteiger charge is -2.35. The van der Waals surface area contributed by atoms with Crippen LogP contribution in [0.3, 0.4) is 0 Å². The third-order valence-electron chi connectivity index (χ3n) is 8.26. The minimum Gasteiger partial charge on any atom is -0.460 e. The van der Waals surface area contributed by atoms with Gasteiger partial charge in [0, 0.05) is 17.8 Å². The third-order valence-corrected chi connectivity index (χ3v) is 8.26. The molecule has 10 heteroatoms. The van der Waals surface area contributed by atoms with Crippen LogP contribution in [0.4, 0.5) is 10.5 Å². The molecule has 0 heterocycles. The van der Waals surface area contributed by atoms with Crippen molar-refractivity contribution in [2.75, 3.05) is 11.9 Å². The molecule has 232 valence electrons. The van der Waals surface area contributed by atoms with Crippen LogP contribution < -0.4 is 27.0 Å². The van der Waals surface area contributed by atoms with Gasteiger partial charge in [0.15, 0.2) is 0 Å². The van der Waals surface area contributed by atoms with E-state index in [9.17, 15) is 19.2 Å². The number of rotatable bonds is 18. The molecule has 1 unspecified atom stereocenters. The van der Waals surface area contributed by atoms with Crippen LogP contribution >= 0.6 is 0 Å². The van der Waals surface area contributed by atoms with Crippen molar-refractivity contribution in [3.8, 4) is 0 Å². The van der Waals surface area contributed by atoms with Crippen LogP contribution in [-0.4, -0.2) is 48.0 Å². The van der Waals surface area contributed by atoms with Crippen molar-refractivity contribution < 1.29 is 23.9 Å². The van der Waals surface area contributed by atoms with Crippen molar-refractivity contribution in [3.63, 3.8) is 0 Å². The van der Waals surface area contributed by atoms with E-state index in [2.05, 4.69) is 42.0 Å². The summed E-state index contributed by atoms with van der Waals surface area (Å²) in [6.45, 7) is 16.5. The highest BCUT2D eigenvalue weighted by Gasteiger charge is 2.33. The molecule has 0 spiro atoms. The number of esters is 1. The first-order valence-electron chi connectivity index (χ1n) is 14.9. The molecular formula is C31H53N5O5.